The number of anilines is 1. The van der Waals surface area contributed by atoms with Crippen molar-refractivity contribution < 1.29 is 4.74 Å². The van der Waals surface area contributed by atoms with Crippen LogP contribution in [-0.4, -0.2) is 37.3 Å². The normalized spacial score (nSPS) is 16.6. The number of nitrogens with one attached hydrogen (secondary N) is 1. The molecule has 0 aliphatic carbocycles. The van der Waals surface area contributed by atoms with Gasteiger partial charge in [0, 0.05) is 45.1 Å². The maximum absolute atomic E-state index is 6.23. The first-order valence-corrected chi connectivity index (χ1v) is 7.64. The summed E-state index contributed by atoms with van der Waals surface area (Å²) in [4.78, 5) is 6.71. The first-order chi connectivity index (χ1) is 9.58. The van der Waals surface area contributed by atoms with Crippen molar-refractivity contribution in [3.63, 3.8) is 0 Å². The van der Waals surface area contributed by atoms with E-state index in [-0.39, 0.29) is 0 Å². The van der Waals surface area contributed by atoms with E-state index in [4.69, 9.17) is 16.3 Å². The molecule has 0 aromatic carbocycles. The predicted octanol–water partition coefficient (Wildman–Crippen LogP) is 2.85. The van der Waals surface area contributed by atoms with Crippen LogP contribution in [0.3, 0.4) is 0 Å². The molecule has 0 radical (unpaired) electrons. The van der Waals surface area contributed by atoms with E-state index >= 15 is 0 Å². The Labute approximate surface area is 126 Å². The smallest absolute Gasteiger partial charge is 0.128 e. The van der Waals surface area contributed by atoms with Crippen LogP contribution in [0.5, 0.6) is 0 Å². The Balaban J connectivity index is 2.08. The van der Waals surface area contributed by atoms with E-state index in [0.29, 0.717) is 12.1 Å². The van der Waals surface area contributed by atoms with Gasteiger partial charge in [-0.1, -0.05) is 25.4 Å². The van der Waals surface area contributed by atoms with Crippen LogP contribution in [0.4, 0.5) is 5.82 Å². The minimum absolute atomic E-state index is 0.441. The van der Waals surface area contributed by atoms with E-state index in [1.165, 1.54) is 0 Å². The molecule has 1 N–H and O–H groups in total. The van der Waals surface area contributed by atoms with Crippen LogP contribution >= 0.6 is 11.6 Å². The van der Waals surface area contributed by atoms with Crippen molar-refractivity contribution in [1.29, 1.82) is 0 Å². The zero-order valence-corrected chi connectivity index (χ0v) is 13.3. The fourth-order valence-corrected chi connectivity index (χ4v) is 2.54. The van der Waals surface area contributed by atoms with Crippen LogP contribution in [0, 0.1) is 0 Å². The topological polar surface area (TPSA) is 37.4 Å². The molecule has 2 rings (SSSR count). The Hall–Kier alpha value is -0.840. The molecule has 2 heterocycles. The second-order valence-electron chi connectivity index (χ2n) is 5.62. The molecule has 0 spiro atoms. The molecule has 1 aliphatic heterocycles. The Kier molecular flexibility index (Phi) is 5.64. The first-order valence-electron chi connectivity index (χ1n) is 7.26. The third kappa shape index (κ3) is 4.08. The fraction of sp³-hybridized carbons (Fsp3) is 0.667. The highest BCUT2D eigenvalue weighted by atomic mass is 35.5. The SMILES string of the molecule is CC(C)NCc1cc(N(C)C2CCOCC2)ncc1Cl. The lowest BCUT2D eigenvalue weighted by molar-refractivity contribution is 0.0853. The highest BCUT2D eigenvalue weighted by Crippen LogP contribution is 2.23. The molecule has 1 aromatic rings. The summed E-state index contributed by atoms with van der Waals surface area (Å²) in [5.41, 5.74) is 1.10. The third-order valence-corrected chi connectivity index (χ3v) is 4.06. The molecule has 1 fully saturated rings. The average molecular weight is 298 g/mol. The number of hydrogen-bond donors (Lipinski definition) is 1. The van der Waals surface area contributed by atoms with Gasteiger partial charge in [0.25, 0.3) is 0 Å². The van der Waals surface area contributed by atoms with E-state index in [2.05, 4.69) is 42.2 Å². The molecule has 1 saturated heterocycles. The summed E-state index contributed by atoms with van der Waals surface area (Å²) in [6.45, 7) is 6.71. The van der Waals surface area contributed by atoms with Gasteiger partial charge in [-0.2, -0.15) is 0 Å². The summed E-state index contributed by atoms with van der Waals surface area (Å²) in [5.74, 6) is 0.988. The van der Waals surface area contributed by atoms with E-state index in [1.54, 1.807) is 6.20 Å². The molecule has 0 saturated carbocycles. The highest BCUT2D eigenvalue weighted by molar-refractivity contribution is 6.31. The second kappa shape index (κ2) is 7.25. The summed E-state index contributed by atoms with van der Waals surface area (Å²) in [7, 11) is 2.10. The van der Waals surface area contributed by atoms with Gasteiger partial charge in [0.1, 0.15) is 5.82 Å². The van der Waals surface area contributed by atoms with Crippen LogP contribution < -0.4 is 10.2 Å². The van der Waals surface area contributed by atoms with Crippen LogP contribution in [0.1, 0.15) is 32.3 Å². The number of aromatic nitrogens is 1. The van der Waals surface area contributed by atoms with Crippen molar-refractivity contribution in [3.8, 4) is 0 Å². The summed E-state index contributed by atoms with van der Waals surface area (Å²) in [6.07, 6.45) is 3.87. The van der Waals surface area contributed by atoms with Crippen molar-refractivity contribution in [3.05, 3.63) is 22.8 Å². The number of rotatable bonds is 5. The maximum atomic E-state index is 6.23. The van der Waals surface area contributed by atoms with Gasteiger partial charge in [0.2, 0.25) is 0 Å². The molecule has 0 atom stereocenters. The molecule has 0 unspecified atom stereocenters. The molecular weight excluding hydrogens is 274 g/mol. The Morgan fingerprint density at radius 1 is 1.45 bits per heavy atom. The predicted molar refractivity (Wildman–Crippen MR) is 83.5 cm³/mol. The number of pyridine rings is 1. The van der Waals surface area contributed by atoms with Crippen molar-refractivity contribution in [2.45, 2.75) is 45.3 Å². The molecule has 5 heteroatoms. The van der Waals surface area contributed by atoms with Crippen molar-refractivity contribution in [2.75, 3.05) is 25.2 Å². The average Bonchev–Trinajstić information content (AvgIpc) is 2.46. The van der Waals surface area contributed by atoms with Crippen molar-refractivity contribution in [2.24, 2.45) is 0 Å². The van der Waals surface area contributed by atoms with Gasteiger partial charge in [-0.3, -0.25) is 0 Å². The van der Waals surface area contributed by atoms with Crippen LogP contribution in [0.25, 0.3) is 0 Å². The molecule has 4 nitrogen and oxygen atoms in total. The highest BCUT2D eigenvalue weighted by Gasteiger charge is 2.20. The zero-order valence-electron chi connectivity index (χ0n) is 12.5. The molecule has 0 bridgehead atoms. The Morgan fingerprint density at radius 2 is 2.15 bits per heavy atom. The molecule has 0 amide bonds. The Bertz CT molecular complexity index is 433. The van der Waals surface area contributed by atoms with Crippen LogP contribution in [-0.2, 0) is 11.3 Å². The lowest BCUT2D eigenvalue weighted by Gasteiger charge is -2.32. The third-order valence-electron chi connectivity index (χ3n) is 3.72. The number of hydrogen-bond acceptors (Lipinski definition) is 4. The zero-order chi connectivity index (χ0) is 14.5. The van der Waals surface area contributed by atoms with E-state index < -0.39 is 0 Å². The Morgan fingerprint density at radius 3 is 2.80 bits per heavy atom. The lowest BCUT2D eigenvalue weighted by Crippen LogP contribution is -2.37. The van der Waals surface area contributed by atoms with E-state index in [9.17, 15) is 0 Å². The van der Waals surface area contributed by atoms with E-state index in [1.807, 2.05) is 0 Å². The quantitative estimate of drug-likeness (QED) is 0.907. The minimum atomic E-state index is 0.441. The van der Waals surface area contributed by atoms with Gasteiger partial charge in [0.15, 0.2) is 0 Å². The van der Waals surface area contributed by atoms with E-state index in [0.717, 1.165) is 49.0 Å². The fourth-order valence-electron chi connectivity index (χ4n) is 2.37. The molecular formula is C15H24ClN3O. The molecule has 112 valence electrons. The standard InChI is InChI=1S/C15H24ClN3O/c1-11(2)17-9-12-8-15(18-10-14(12)16)19(3)13-4-6-20-7-5-13/h8,10-11,13,17H,4-7,9H2,1-3H3. The number of ether oxygens (including phenoxy) is 1. The van der Waals surface area contributed by atoms with Gasteiger partial charge >= 0.3 is 0 Å². The summed E-state index contributed by atoms with van der Waals surface area (Å²) in [5, 5.41) is 4.12. The summed E-state index contributed by atoms with van der Waals surface area (Å²) in [6, 6.07) is 3.03. The molecule has 20 heavy (non-hydrogen) atoms. The molecule has 1 aromatic heterocycles. The van der Waals surface area contributed by atoms with Crippen molar-refractivity contribution >= 4 is 17.4 Å². The van der Waals surface area contributed by atoms with Crippen LogP contribution in [0.2, 0.25) is 5.02 Å². The largest absolute Gasteiger partial charge is 0.381 e. The minimum Gasteiger partial charge on any atom is -0.381 e. The first kappa shape index (κ1) is 15.5. The lowest BCUT2D eigenvalue weighted by atomic mass is 10.1. The van der Waals surface area contributed by atoms with Gasteiger partial charge in [-0.05, 0) is 24.5 Å². The van der Waals surface area contributed by atoms with Crippen molar-refractivity contribution in [1.82, 2.24) is 10.3 Å². The van der Waals surface area contributed by atoms with Gasteiger partial charge in [0.05, 0.1) is 5.02 Å². The number of halogens is 1. The summed E-state index contributed by atoms with van der Waals surface area (Å²) < 4.78 is 5.42. The van der Waals surface area contributed by atoms with Gasteiger partial charge in [-0.15, -0.1) is 0 Å². The maximum Gasteiger partial charge on any atom is 0.128 e. The summed E-state index contributed by atoms with van der Waals surface area (Å²) >= 11 is 6.23. The monoisotopic (exact) mass is 297 g/mol. The van der Waals surface area contributed by atoms with Gasteiger partial charge in [-0.25, -0.2) is 4.98 Å². The van der Waals surface area contributed by atoms with Gasteiger partial charge < -0.3 is 15.0 Å². The molecule has 1 aliphatic rings. The second-order valence-corrected chi connectivity index (χ2v) is 6.03. The number of nitrogens with zero attached hydrogens (tertiary/aromatic N) is 2. The van der Waals surface area contributed by atoms with Crippen LogP contribution in [0.15, 0.2) is 12.3 Å².